The standard InChI is InChI=1S/C25H22N2O4S/c1-31-21-12-7-16(14-22-24(29)27-25(30)32-22)13-20(21)15-26-23(28)19-10-8-18(9-11-19)17-5-3-2-4-6-17/h2-13,29H,14-15H2,1H3,(H,26,28)(H,27,30). The maximum absolute atomic E-state index is 12.7. The lowest BCUT2D eigenvalue weighted by Crippen LogP contribution is -2.23. The second-order valence-corrected chi connectivity index (χ2v) is 8.30. The van der Waals surface area contributed by atoms with E-state index in [1.165, 1.54) is 0 Å². The second kappa shape index (κ2) is 9.53. The van der Waals surface area contributed by atoms with Gasteiger partial charge in [-0.25, -0.2) is 0 Å². The Labute approximate surface area is 189 Å². The molecule has 1 aromatic heterocycles. The van der Waals surface area contributed by atoms with E-state index >= 15 is 0 Å². The zero-order chi connectivity index (χ0) is 22.5. The highest BCUT2D eigenvalue weighted by molar-refractivity contribution is 7.09. The normalized spacial score (nSPS) is 10.7. The number of methoxy groups -OCH3 is 1. The van der Waals surface area contributed by atoms with E-state index < -0.39 is 0 Å². The summed E-state index contributed by atoms with van der Waals surface area (Å²) in [6.45, 7) is 0.283. The highest BCUT2D eigenvalue weighted by Gasteiger charge is 2.12. The van der Waals surface area contributed by atoms with Crippen molar-refractivity contribution in [2.24, 2.45) is 0 Å². The lowest BCUT2D eigenvalue weighted by atomic mass is 10.0. The Kier molecular flexibility index (Phi) is 6.37. The molecule has 4 rings (SSSR count). The summed E-state index contributed by atoms with van der Waals surface area (Å²) in [4.78, 5) is 26.7. The van der Waals surface area contributed by atoms with E-state index in [2.05, 4.69) is 10.3 Å². The minimum atomic E-state index is -0.295. The van der Waals surface area contributed by atoms with Gasteiger partial charge >= 0.3 is 4.87 Å². The van der Waals surface area contributed by atoms with Crippen LogP contribution in [0.5, 0.6) is 11.6 Å². The molecule has 32 heavy (non-hydrogen) atoms. The Hall–Kier alpha value is -3.84. The number of benzene rings is 3. The number of nitrogens with one attached hydrogen (secondary N) is 2. The molecule has 0 saturated heterocycles. The Morgan fingerprint density at radius 3 is 2.41 bits per heavy atom. The van der Waals surface area contributed by atoms with E-state index in [1.807, 2.05) is 72.8 Å². The first-order valence-corrected chi connectivity index (χ1v) is 10.9. The van der Waals surface area contributed by atoms with Crippen LogP contribution < -0.4 is 14.9 Å². The number of H-pyrrole nitrogens is 1. The third-order valence-corrected chi connectivity index (χ3v) is 5.98. The van der Waals surface area contributed by atoms with Gasteiger partial charge in [0.05, 0.1) is 12.0 Å². The first-order chi connectivity index (χ1) is 15.5. The third-order valence-electron chi connectivity index (χ3n) is 5.10. The summed E-state index contributed by atoms with van der Waals surface area (Å²) in [6.07, 6.45) is 0.404. The number of aromatic nitrogens is 1. The SMILES string of the molecule is COc1ccc(Cc2sc(=O)[nH]c2O)cc1CNC(=O)c1ccc(-c2ccccc2)cc1. The summed E-state index contributed by atoms with van der Waals surface area (Å²) in [6, 6.07) is 23.1. The van der Waals surface area contributed by atoms with Gasteiger partial charge in [0.1, 0.15) is 5.75 Å². The summed E-state index contributed by atoms with van der Waals surface area (Å²) < 4.78 is 5.43. The molecule has 0 bridgehead atoms. The Morgan fingerprint density at radius 2 is 1.75 bits per heavy atom. The molecule has 3 N–H and O–H groups in total. The molecule has 4 aromatic rings. The first kappa shape index (κ1) is 21.4. The molecular formula is C25H22N2O4S. The number of carbonyl (C=O) groups is 1. The van der Waals surface area contributed by atoms with Gasteiger partial charge in [-0.05, 0) is 41.0 Å². The van der Waals surface area contributed by atoms with E-state index in [0.717, 1.165) is 33.6 Å². The first-order valence-electron chi connectivity index (χ1n) is 10.0. The largest absolute Gasteiger partial charge is 0.496 e. The van der Waals surface area contributed by atoms with Crippen LogP contribution in [0, 0.1) is 0 Å². The van der Waals surface area contributed by atoms with E-state index in [-0.39, 0.29) is 23.2 Å². The monoisotopic (exact) mass is 446 g/mol. The summed E-state index contributed by atoms with van der Waals surface area (Å²) in [5.41, 5.74) is 4.42. The summed E-state index contributed by atoms with van der Waals surface area (Å²) in [5.74, 6) is 0.364. The fourth-order valence-corrected chi connectivity index (χ4v) is 4.22. The van der Waals surface area contributed by atoms with Gasteiger partial charge in [0.15, 0.2) is 0 Å². The van der Waals surface area contributed by atoms with E-state index in [4.69, 9.17) is 4.74 Å². The van der Waals surface area contributed by atoms with Gasteiger partial charge in [0.25, 0.3) is 5.91 Å². The minimum absolute atomic E-state index is 0.107. The highest BCUT2D eigenvalue weighted by atomic mass is 32.1. The number of aromatic hydroxyl groups is 1. The van der Waals surface area contributed by atoms with Gasteiger partial charge in [0, 0.05) is 24.1 Å². The van der Waals surface area contributed by atoms with Crippen molar-refractivity contribution in [3.8, 4) is 22.8 Å². The van der Waals surface area contributed by atoms with Crippen LogP contribution in [0.2, 0.25) is 0 Å². The zero-order valence-corrected chi connectivity index (χ0v) is 18.2. The van der Waals surface area contributed by atoms with Crippen molar-refractivity contribution in [1.82, 2.24) is 10.3 Å². The number of aromatic amines is 1. The number of ether oxygens (including phenoxy) is 1. The number of rotatable bonds is 7. The molecule has 0 atom stereocenters. The molecule has 162 valence electrons. The maximum atomic E-state index is 12.7. The molecular weight excluding hydrogens is 424 g/mol. The Morgan fingerprint density at radius 1 is 1.03 bits per heavy atom. The van der Waals surface area contributed by atoms with Gasteiger partial charge in [-0.3, -0.25) is 14.6 Å². The molecule has 0 spiro atoms. The number of amides is 1. The molecule has 1 amide bonds. The lowest BCUT2D eigenvalue weighted by molar-refractivity contribution is 0.0950. The Bertz CT molecular complexity index is 1280. The quantitative estimate of drug-likeness (QED) is 0.394. The van der Waals surface area contributed by atoms with E-state index in [0.29, 0.717) is 22.6 Å². The number of thiazole rings is 1. The summed E-state index contributed by atoms with van der Waals surface area (Å²) in [7, 11) is 1.58. The van der Waals surface area contributed by atoms with Gasteiger partial charge in [0.2, 0.25) is 5.88 Å². The maximum Gasteiger partial charge on any atom is 0.307 e. The van der Waals surface area contributed by atoms with Crippen molar-refractivity contribution in [3.63, 3.8) is 0 Å². The van der Waals surface area contributed by atoms with E-state index in [9.17, 15) is 14.7 Å². The number of hydrogen-bond donors (Lipinski definition) is 3. The average Bonchev–Trinajstić information content (AvgIpc) is 3.14. The van der Waals surface area contributed by atoms with Crippen LogP contribution in [0.1, 0.15) is 26.4 Å². The molecule has 3 aromatic carbocycles. The van der Waals surface area contributed by atoms with E-state index in [1.54, 1.807) is 7.11 Å². The van der Waals surface area contributed by atoms with Crippen LogP contribution >= 0.6 is 11.3 Å². The topological polar surface area (TPSA) is 91.4 Å². The van der Waals surface area contributed by atoms with Crippen LogP contribution in [-0.2, 0) is 13.0 Å². The van der Waals surface area contributed by atoms with Gasteiger partial charge in [-0.1, -0.05) is 59.9 Å². The molecule has 0 aliphatic rings. The predicted molar refractivity (Wildman–Crippen MR) is 125 cm³/mol. The van der Waals surface area contributed by atoms with Crippen LogP contribution in [0.4, 0.5) is 0 Å². The molecule has 6 nitrogen and oxygen atoms in total. The van der Waals surface area contributed by atoms with Crippen molar-refractivity contribution >= 4 is 17.2 Å². The van der Waals surface area contributed by atoms with Crippen molar-refractivity contribution in [1.29, 1.82) is 0 Å². The van der Waals surface area contributed by atoms with Gasteiger partial charge < -0.3 is 15.2 Å². The molecule has 1 heterocycles. The molecule has 0 fully saturated rings. The number of carbonyl (C=O) groups excluding carboxylic acids is 1. The zero-order valence-electron chi connectivity index (χ0n) is 17.4. The molecule has 0 saturated carbocycles. The third kappa shape index (κ3) is 4.90. The Balaban J connectivity index is 1.45. The van der Waals surface area contributed by atoms with Crippen molar-refractivity contribution in [3.05, 3.63) is 104 Å². The lowest BCUT2D eigenvalue weighted by Gasteiger charge is -2.12. The van der Waals surface area contributed by atoms with Crippen molar-refractivity contribution in [2.75, 3.05) is 7.11 Å². The summed E-state index contributed by atoms with van der Waals surface area (Å²) in [5, 5.41) is 12.8. The second-order valence-electron chi connectivity index (χ2n) is 7.24. The van der Waals surface area contributed by atoms with Crippen LogP contribution in [0.15, 0.2) is 77.6 Å². The smallest absolute Gasteiger partial charge is 0.307 e. The van der Waals surface area contributed by atoms with Crippen LogP contribution in [0.3, 0.4) is 0 Å². The molecule has 7 heteroatoms. The van der Waals surface area contributed by atoms with Crippen LogP contribution in [0.25, 0.3) is 11.1 Å². The predicted octanol–water partition coefficient (Wildman–Crippen LogP) is 4.34. The highest BCUT2D eigenvalue weighted by Crippen LogP contribution is 2.25. The van der Waals surface area contributed by atoms with Crippen LogP contribution in [-0.4, -0.2) is 23.1 Å². The molecule has 0 unspecified atom stereocenters. The molecule has 0 aliphatic carbocycles. The van der Waals surface area contributed by atoms with Crippen molar-refractivity contribution in [2.45, 2.75) is 13.0 Å². The minimum Gasteiger partial charge on any atom is -0.496 e. The fourth-order valence-electron chi connectivity index (χ4n) is 3.46. The molecule has 0 aliphatic heterocycles. The fraction of sp³-hybridized carbons (Fsp3) is 0.120. The summed E-state index contributed by atoms with van der Waals surface area (Å²) >= 11 is 0.978. The van der Waals surface area contributed by atoms with Crippen molar-refractivity contribution < 1.29 is 14.6 Å². The van der Waals surface area contributed by atoms with Gasteiger partial charge in [-0.2, -0.15) is 0 Å². The molecule has 0 radical (unpaired) electrons. The number of hydrogen-bond acceptors (Lipinski definition) is 5. The van der Waals surface area contributed by atoms with Gasteiger partial charge in [-0.15, -0.1) is 0 Å². The average molecular weight is 447 g/mol.